The van der Waals surface area contributed by atoms with Crippen molar-refractivity contribution in [2.24, 2.45) is 0 Å². The van der Waals surface area contributed by atoms with Crippen LogP contribution in [0.3, 0.4) is 0 Å². The van der Waals surface area contributed by atoms with E-state index in [0.29, 0.717) is 6.61 Å². The van der Waals surface area contributed by atoms with Crippen LogP contribution < -0.4 is 0 Å². The van der Waals surface area contributed by atoms with Crippen LogP contribution in [-0.4, -0.2) is 12.6 Å². The Morgan fingerprint density at radius 1 is 1.16 bits per heavy atom. The maximum atomic E-state index is 10.9. The van der Waals surface area contributed by atoms with Crippen molar-refractivity contribution < 1.29 is 9.53 Å². The Bertz CT molecular complexity index is 415. The summed E-state index contributed by atoms with van der Waals surface area (Å²) in [5, 5.41) is 0. The van der Waals surface area contributed by atoms with Crippen molar-refractivity contribution in [1.29, 1.82) is 0 Å². The SMILES string of the molecule is CCC/C(=C\c1ccc(CCC)cc1)COC(C)=O. The molecule has 0 aliphatic rings. The topological polar surface area (TPSA) is 26.3 Å². The highest BCUT2D eigenvalue weighted by atomic mass is 16.5. The van der Waals surface area contributed by atoms with Crippen molar-refractivity contribution in [3.05, 3.63) is 41.0 Å². The molecule has 0 aromatic heterocycles. The lowest BCUT2D eigenvalue weighted by Gasteiger charge is -2.07. The van der Waals surface area contributed by atoms with Gasteiger partial charge in [-0.25, -0.2) is 0 Å². The van der Waals surface area contributed by atoms with E-state index in [2.05, 4.69) is 44.2 Å². The molecule has 1 rings (SSSR count). The van der Waals surface area contributed by atoms with Crippen LogP contribution in [0.4, 0.5) is 0 Å². The van der Waals surface area contributed by atoms with Crippen LogP contribution in [0.1, 0.15) is 51.2 Å². The zero-order valence-corrected chi connectivity index (χ0v) is 12.2. The van der Waals surface area contributed by atoms with Gasteiger partial charge in [0.15, 0.2) is 0 Å². The predicted molar refractivity (Wildman–Crippen MR) is 80.0 cm³/mol. The summed E-state index contributed by atoms with van der Waals surface area (Å²) in [5.74, 6) is -0.222. The van der Waals surface area contributed by atoms with Crippen molar-refractivity contribution in [2.45, 2.75) is 46.5 Å². The molecule has 1 aromatic rings. The summed E-state index contributed by atoms with van der Waals surface area (Å²) in [7, 11) is 0. The molecule has 104 valence electrons. The molecule has 2 heteroatoms. The van der Waals surface area contributed by atoms with Gasteiger partial charge >= 0.3 is 5.97 Å². The molecule has 0 radical (unpaired) electrons. The average molecular weight is 260 g/mol. The minimum absolute atomic E-state index is 0.222. The fourth-order valence-electron chi connectivity index (χ4n) is 2.01. The van der Waals surface area contributed by atoms with Crippen molar-refractivity contribution in [1.82, 2.24) is 0 Å². The molecule has 19 heavy (non-hydrogen) atoms. The van der Waals surface area contributed by atoms with E-state index in [4.69, 9.17) is 4.74 Å². The number of hydrogen-bond acceptors (Lipinski definition) is 2. The lowest BCUT2D eigenvalue weighted by molar-refractivity contribution is -0.140. The Hall–Kier alpha value is -1.57. The average Bonchev–Trinajstić information content (AvgIpc) is 2.39. The molecule has 0 spiro atoms. The van der Waals surface area contributed by atoms with E-state index in [0.717, 1.165) is 19.3 Å². The second kappa shape index (κ2) is 8.52. The number of hydrogen-bond donors (Lipinski definition) is 0. The third-order valence-electron chi connectivity index (χ3n) is 2.92. The van der Waals surface area contributed by atoms with Crippen molar-refractivity contribution in [3.8, 4) is 0 Å². The van der Waals surface area contributed by atoms with Gasteiger partial charge in [0.25, 0.3) is 0 Å². The lowest BCUT2D eigenvalue weighted by atomic mass is 10.0. The fraction of sp³-hybridized carbons (Fsp3) is 0.471. The Morgan fingerprint density at radius 2 is 1.84 bits per heavy atom. The van der Waals surface area contributed by atoms with Gasteiger partial charge in [-0.15, -0.1) is 0 Å². The third-order valence-corrected chi connectivity index (χ3v) is 2.92. The van der Waals surface area contributed by atoms with Crippen LogP contribution in [0.15, 0.2) is 29.8 Å². The highest BCUT2D eigenvalue weighted by Gasteiger charge is 2.01. The quantitative estimate of drug-likeness (QED) is 0.680. The third kappa shape index (κ3) is 6.23. The number of ether oxygens (including phenoxy) is 1. The summed E-state index contributed by atoms with van der Waals surface area (Å²) in [6.45, 7) is 6.17. The van der Waals surface area contributed by atoms with Crippen LogP contribution in [0.2, 0.25) is 0 Å². The Labute approximate surface area is 116 Å². The molecular formula is C17H24O2. The summed E-state index contributed by atoms with van der Waals surface area (Å²) >= 11 is 0. The molecule has 1 aromatic carbocycles. The summed E-state index contributed by atoms with van der Waals surface area (Å²) < 4.78 is 5.08. The van der Waals surface area contributed by atoms with Gasteiger partial charge < -0.3 is 4.74 Å². The van der Waals surface area contributed by atoms with Crippen molar-refractivity contribution >= 4 is 12.0 Å². The van der Waals surface area contributed by atoms with Gasteiger partial charge in [0.05, 0.1) is 0 Å². The Balaban J connectivity index is 2.73. The predicted octanol–water partition coefficient (Wildman–Crippen LogP) is 4.39. The first-order chi connectivity index (χ1) is 9.15. The minimum Gasteiger partial charge on any atom is -0.461 e. The molecule has 0 unspecified atom stereocenters. The number of esters is 1. The van der Waals surface area contributed by atoms with Crippen LogP contribution in [0.25, 0.3) is 6.08 Å². The first-order valence-corrected chi connectivity index (χ1v) is 7.07. The van der Waals surface area contributed by atoms with Gasteiger partial charge in [0, 0.05) is 6.92 Å². The number of benzene rings is 1. The number of rotatable bonds is 7. The fourth-order valence-corrected chi connectivity index (χ4v) is 2.01. The van der Waals surface area contributed by atoms with E-state index < -0.39 is 0 Å². The van der Waals surface area contributed by atoms with E-state index in [9.17, 15) is 4.79 Å². The summed E-state index contributed by atoms with van der Waals surface area (Å²) in [4.78, 5) is 10.9. The summed E-state index contributed by atoms with van der Waals surface area (Å²) in [6.07, 6.45) is 6.44. The first-order valence-electron chi connectivity index (χ1n) is 7.07. The maximum Gasteiger partial charge on any atom is 0.302 e. The van der Waals surface area contributed by atoms with Gasteiger partial charge in [-0.1, -0.05) is 57.0 Å². The molecule has 0 saturated carbocycles. The number of carbonyl (C=O) groups is 1. The monoisotopic (exact) mass is 260 g/mol. The van der Waals surface area contributed by atoms with E-state index in [-0.39, 0.29) is 5.97 Å². The van der Waals surface area contributed by atoms with E-state index in [1.54, 1.807) is 0 Å². The summed E-state index contributed by atoms with van der Waals surface area (Å²) in [6, 6.07) is 8.61. The maximum absolute atomic E-state index is 10.9. The number of aryl methyl sites for hydroxylation is 1. The van der Waals surface area contributed by atoms with E-state index >= 15 is 0 Å². The highest BCUT2D eigenvalue weighted by molar-refractivity contribution is 5.66. The number of carbonyl (C=O) groups excluding carboxylic acids is 1. The van der Waals surface area contributed by atoms with Gasteiger partial charge in [0.2, 0.25) is 0 Å². The standard InChI is InChI=1S/C17H24O2/c1-4-6-15-8-10-16(11-9-15)12-17(7-5-2)13-19-14(3)18/h8-12H,4-7,13H2,1-3H3/b17-12+. The smallest absolute Gasteiger partial charge is 0.302 e. The first kappa shape index (κ1) is 15.5. The second-order valence-corrected chi connectivity index (χ2v) is 4.82. The molecule has 0 aliphatic heterocycles. The van der Waals surface area contributed by atoms with Gasteiger partial charge in [-0.3, -0.25) is 4.79 Å². The molecule has 0 heterocycles. The van der Waals surface area contributed by atoms with E-state index in [1.807, 2.05) is 0 Å². The van der Waals surface area contributed by atoms with Crippen LogP contribution in [-0.2, 0) is 16.0 Å². The van der Waals surface area contributed by atoms with Crippen LogP contribution in [0.5, 0.6) is 0 Å². The molecule has 2 nitrogen and oxygen atoms in total. The van der Waals surface area contributed by atoms with Crippen molar-refractivity contribution in [3.63, 3.8) is 0 Å². The summed E-state index contributed by atoms with van der Waals surface area (Å²) in [5.41, 5.74) is 3.72. The molecule has 0 N–H and O–H groups in total. The molecular weight excluding hydrogens is 236 g/mol. The molecule has 0 fully saturated rings. The van der Waals surface area contributed by atoms with E-state index in [1.165, 1.54) is 30.0 Å². The second-order valence-electron chi connectivity index (χ2n) is 4.82. The molecule has 0 saturated heterocycles. The van der Waals surface area contributed by atoms with Crippen LogP contribution >= 0.6 is 0 Å². The van der Waals surface area contributed by atoms with Gasteiger partial charge in [-0.05, 0) is 29.5 Å². The molecule has 0 atom stereocenters. The Kier molecular flexibility index (Phi) is 6.94. The van der Waals surface area contributed by atoms with Crippen molar-refractivity contribution in [2.75, 3.05) is 6.61 Å². The molecule has 0 aliphatic carbocycles. The normalized spacial score (nSPS) is 11.4. The Morgan fingerprint density at radius 3 is 2.37 bits per heavy atom. The zero-order chi connectivity index (χ0) is 14.1. The zero-order valence-electron chi connectivity index (χ0n) is 12.2. The lowest BCUT2D eigenvalue weighted by Crippen LogP contribution is -2.03. The minimum atomic E-state index is -0.222. The molecule has 0 bridgehead atoms. The highest BCUT2D eigenvalue weighted by Crippen LogP contribution is 2.14. The van der Waals surface area contributed by atoms with Crippen LogP contribution in [0, 0.1) is 0 Å². The van der Waals surface area contributed by atoms with Gasteiger partial charge in [0.1, 0.15) is 6.61 Å². The molecule has 0 amide bonds. The van der Waals surface area contributed by atoms with Gasteiger partial charge in [-0.2, -0.15) is 0 Å². The largest absolute Gasteiger partial charge is 0.461 e.